The molecule has 0 unspecified atom stereocenters. The van der Waals surface area contributed by atoms with Crippen LogP contribution >= 0.6 is 11.3 Å². The van der Waals surface area contributed by atoms with Gasteiger partial charge in [0.2, 0.25) is 5.88 Å². The van der Waals surface area contributed by atoms with E-state index < -0.39 is 0 Å². The molecule has 0 aliphatic heterocycles. The van der Waals surface area contributed by atoms with Gasteiger partial charge in [0, 0.05) is 0 Å². The number of hydrogen-bond donors (Lipinski definition) is 0. The molecule has 2 aromatic heterocycles. The van der Waals surface area contributed by atoms with Crippen molar-refractivity contribution in [3.63, 3.8) is 0 Å². The first-order valence-corrected chi connectivity index (χ1v) is 6.24. The second-order valence-electron chi connectivity index (χ2n) is 3.83. The van der Waals surface area contributed by atoms with Crippen molar-refractivity contribution in [1.82, 2.24) is 9.97 Å². The van der Waals surface area contributed by atoms with Crippen LogP contribution in [-0.4, -0.2) is 9.97 Å². The molecule has 0 amide bonds. The van der Waals surface area contributed by atoms with Gasteiger partial charge in [0.1, 0.15) is 22.7 Å². The minimum atomic E-state index is -0.245. The number of aromatic nitrogens is 2. The molecule has 3 nitrogen and oxygen atoms in total. The van der Waals surface area contributed by atoms with Crippen LogP contribution in [0.3, 0.4) is 0 Å². The normalized spacial score (nSPS) is 10.8. The first-order valence-electron chi connectivity index (χ1n) is 5.36. The molecule has 0 spiro atoms. The Morgan fingerprint density at radius 1 is 1.22 bits per heavy atom. The molecule has 2 heterocycles. The van der Waals surface area contributed by atoms with Crippen LogP contribution in [0.5, 0.6) is 11.6 Å². The SMILES string of the molecule is Cc1cc(Oc2ncnc3sccc23)ccc1F. The standard InChI is InChI=1S/C13H9FN2OS/c1-8-6-9(2-3-11(8)14)17-12-10-4-5-18-13(10)16-7-15-12/h2-7H,1H3. The van der Waals surface area contributed by atoms with Gasteiger partial charge >= 0.3 is 0 Å². The highest BCUT2D eigenvalue weighted by atomic mass is 32.1. The highest BCUT2D eigenvalue weighted by molar-refractivity contribution is 7.16. The zero-order valence-electron chi connectivity index (χ0n) is 9.55. The van der Waals surface area contributed by atoms with Crippen molar-refractivity contribution in [1.29, 1.82) is 0 Å². The van der Waals surface area contributed by atoms with E-state index in [-0.39, 0.29) is 5.82 Å². The predicted molar refractivity (Wildman–Crippen MR) is 68.6 cm³/mol. The van der Waals surface area contributed by atoms with Gasteiger partial charge in [0.05, 0.1) is 5.39 Å². The highest BCUT2D eigenvalue weighted by Crippen LogP contribution is 2.29. The lowest BCUT2D eigenvalue weighted by atomic mass is 10.2. The van der Waals surface area contributed by atoms with E-state index in [0.717, 1.165) is 10.2 Å². The number of ether oxygens (including phenoxy) is 1. The molecule has 0 saturated carbocycles. The number of fused-ring (bicyclic) bond motifs is 1. The Balaban J connectivity index is 2.01. The van der Waals surface area contributed by atoms with E-state index in [9.17, 15) is 4.39 Å². The van der Waals surface area contributed by atoms with Gasteiger partial charge in [-0.1, -0.05) is 0 Å². The molecule has 0 radical (unpaired) electrons. The minimum Gasteiger partial charge on any atom is -0.438 e. The number of nitrogens with zero attached hydrogens (tertiary/aromatic N) is 2. The van der Waals surface area contributed by atoms with Crippen LogP contribution in [0.1, 0.15) is 5.56 Å². The molecular weight excluding hydrogens is 251 g/mol. The van der Waals surface area contributed by atoms with Crippen molar-refractivity contribution in [3.05, 3.63) is 47.4 Å². The third kappa shape index (κ3) is 1.93. The Morgan fingerprint density at radius 2 is 2.11 bits per heavy atom. The number of hydrogen-bond acceptors (Lipinski definition) is 4. The molecule has 3 rings (SSSR count). The van der Waals surface area contributed by atoms with Crippen LogP contribution < -0.4 is 4.74 Å². The first kappa shape index (κ1) is 11.1. The summed E-state index contributed by atoms with van der Waals surface area (Å²) in [5, 5.41) is 2.80. The Kier molecular flexibility index (Phi) is 2.68. The maximum absolute atomic E-state index is 13.2. The van der Waals surface area contributed by atoms with Gasteiger partial charge in [-0.15, -0.1) is 11.3 Å². The number of rotatable bonds is 2. The molecular formula is C13H9FN2OS. The topological polar surface area (TPSA) is 35.0 Å². The van der Waals surface area contributed by atoms with Crippen LogP contribution in [-0.2, 0) is 0 Å². The van der Waals surface area contributed by atoms with Crippen molar-refractivity contribution in [2.75, 3.05) is 0 Å². The second kappa shape index (κ2) is 4.34. The maximum atomic E-state index is 13.2. The lowest BCUT2D eigenvalue weighted by Gasteiger charge is -2.06. The van der Waals surface area contributed by atoms with Crippen LogP contribution in [0.15, 0.2) is 36.0 Å². The molecule has 5 heteroatoms. The molecule has 0 aliphatic carbocycles. The van der Waals surface area contributed by atoms with Gasteiger partial charge in [-0.3, -0.25) is 0 Å². The highest BCUT2D eigenvalue weighted by Gasteiger charge is 2.08. The first-order chi connectivity index (χ1) is 8.74. The molecule has 3 aromatic rings. The third-order valence-electron chi connectivity index (χ3n) is 2.57. The summed E-state index contributed by atoms with van der Waals surface area (Å²) in [6, 6.07) is 6.53. The van der Waals surface area contributed by atoms with Gasteiger partial charge in [-0.25, -0.2) is 14.4 Å². The average Bonchev–Trinajstić information content (AvgIpc) is 2.83. The Bertz CT molecular complexity index is 711. The van der Waals surface area contributed by atoms with Crippen molar-refractivity contribution in [2.24, 2.45) is 0 Å². The van der Waals surface area contributed by atoms with Crippen molar-refractivity contribution < 1.29 is 9.13 Å². The van der Waals surface area contributed by atoms with Crippen LogP contribution in [0.4, 0.5) is 4.39 Å². The fourth-order valence-corrected chi connectivity index (χ4v) is 2.36. The number of halogens is 1. The van der Waals surface area contributed by atoms with E-state index in [0.29, 0.717) is 17.2 Å². The summed E-state index contributed by atoms with van der Waals surface area (Å²) in [5.74, 6) is 0.818. The van der Waals surface area contributed by atoms with Crippen molar-refractivity contribution in [3.8, 4) is 11.6 Å². The minimum absolute atomic E-state index is 0.245. The fourth-order valence-electron chi connectivity index (χ4n) is 1.64. The molecule has 0 aliphatic rings. The average molecular weight is 260 g/mol. The molecule has 0 bridgehead atoms. The maximum Gasteiger partial charge on any atom is 0.231 e. The Labute approximate surface area is 107 Å². The quantitative estimate of drug-likeness (QED) is 0.700. The smallest absolute Gasteiger partial charge is 0.231 e. The Morgan fingerprint density at radius 3 is 2.94 bits per heavy atom. The Hall–Kier alpha value is -2.01. The summed E-state index contributed by atoms with van der Waals surface area (Å²) in [5.41, 5.74) is 0.545. The molecule has 18 heavy (non-hydrogen) atoms. The molecule has 0 N–H and O–H groups in total. The number of thiophene rings is 1. The van der Waals surface area contributed by atoms with E-state index in [4.69, 9.17) is 4.74 Å². The summed E-state index contributed by atoms with van der Waals surface area (Å²) in [6.07, 6.45) is 1.46. The molecule has 0 atom stereocenters. The van der Waals surface area contributed by atoms with Gasteiger partial charge in [0.15, 0.2) is 0 Å². The van der Waals surface area contributed by atoms with Crippen LogP contribution in [0.25, 0.3) is 10.2 Å². The third-order valence-corrected chi connectivity index (χ3v) is 3.39. The van der Waals surface area contributed by atoms with Crippen molar-refractivity contribution in [2.45, 2.75) is 6.92 Å². The van der Waals surface area contributed by atoms with Crippen LogP contribution in [0, 0.1) is 12.7 Å². The van der Waals surface area contributed by atoms with E-state index in [2.05, 4.69) is 9.97 Å². The lowest BCUT2D eigenvalue weighted by molar-refractivity contribution is 0.466. The number of benzene rings is 1. The van der Waals surface area contributed by atoms with E-state index in [1.165, 1.54) is 23.7 Å². The fraction of sp³-hybridized carbons (Fsp3) is 0.0769. The van der Waals surface area contributed by atoms with Crippen LogP contribution in [0.2, 0.25) is 0 Å². The number of aryl methyl sites for hydroxylation is 1. The van der Waals surface area contributed by atoms with Gasteiger partial charge in [-0.2, -0.15) is 0 Å². The molecule has 90 valence electrons. The molecule has 0 fully saturated rings. The zero-order chi connectivity index (χ0) is 12.5. The summed E-state index contributed by atoms with van der Waals surface area (Å²) < 4.78 is 18.8. The van der Waals surface area contributed by atoms with Crippen molar-refractivity contribution >= 4 is 21.6 Å². The largest absolute Gasteiger partial charge is 0.438 e. The zero-order valence-corrected chi connectivity index (χ0v) is 10.4. The van der Waals surface area contributed by atoms with E-state index >= 15 is 0 Å². The summed E-state index contributed by atoms with van der Waals surface area (Å²) in [7, 11) is 0. The van der Waals surface area contributed by atoms with E-state index in [1.807, 2.05) is 11.4 Å². The second-order valence-corrected chi connectivity index (χ2v) is 4.73. The molecule has 1 aromatic carbocycles. The van der Waals surface area contributed by atoms with E-state index in [1.54, 1.807) is 19.1 Å². The van der Waals surface area contributed by atoms with Gasteiger partial charge in [-0.05, 0) is 42.1 Å². The molecule has 0 saturated heterocycles. The summed E-state index contributed by atoms with van der Waals surface area (Å²) in [4.78, 5) is 9.12. The monoisotopic (exact) mass is 260 g/mol. The summed E-state index contributed by atoms with van der Waals surface area (Å²) >= 11 is 1.53. The lowest BCUT2D eigenvalue weighted by Crippen LogP contribution is -1.91. The predicted octanol–water partition coefficient (Wildman–Crippen LogP) is 3.93. The van der Waals surface area contributed by atoms with Gasteiger partial charge < -0.3 is 4.74 Å². The summed E-state index contributed by atoms with van der Waals surface area (Å²) in [6.45, 7) is 1.70. The van der Waals surface area contributed by atoms with Gasteiger partial charge in [0.25, 0.3) is 0 Å².